The summed E-state index contributed by atoms with van der Waals surface area (Å²) in [5.41, 5.74) is 0. The van der Waals surface area contributed by atoms with Crippen molar-refractivity contribution in [1.29, 1.82) is 0 Å². The number of rotatable bonds is 6. The van der Waals surface area contributed by atoms with Gasteiger partial charge in [-0.15, -0.1) is 0 Å². The number of ether oxygens (including phenoxy) is 1. The number of hydrogen-bond acceptors (Lipinski definition) is 4. The van der Waals surface area contributed by atoms with E-state index < -0.39 is 0 Å². The molecule has 19 heavy (non-hydrogen) atoms. The van der Waals surface area contributed by atoms with Crippen molar-refractivity contribution in [3.05, 3.63) is 0 Å². The fraction of sp³-hybridized carbons (Fsp3) is 0.846. The van der Waals surface area contributed by atoms with Gasteiger partial charge in [0.2, 0.25) is 11.8 Å². The summed E-state index contributed by atoms with van der Waals surface area (Å²) >= 11 is 0. The summed E-state index contributed by atoms with van der Waals surface area (Å²) < 4.78 is 5.34. The molecule has 2 N–H and O–H groups in total. The predicted molar refractivity (Wildman–Crippen MR) is 72.7 cm³/mol. The molecule has 2 atom stereocenters. The van der Waals surface area contributed by atoms with Crippen LogP contribution in [0.1, 0.15) is 20.8 Å². The van der Waals surface area contributed by atoms with Gasteiger partial charge in [0.15, 0.2) is 0 Å². The second-order valence-corrected chi connectivity index (χ2v) is 5.11. The minimum atomic E-state index is -0.197. The molecule has 0 radical (unpaired) electrons. The Labute approximate surface area is 114 Å². The number of nitrogens with zero attached hydrogens (tertiary/aromatic N) is 1. The van der Waals surface area contributed by atoms with Gasteiger partial charge in [-0.2, -0.15) is 0 Å². The first-order valence-corrected chi connectivity index (χ1v) is 6.82. The zero-order valence-electron chi connectivity index (χ0n) is 12.2. The van der Waals surface area contributed by atoms with E-state index in [1.165, 1.54) is 0 Å². The first-order valence-electron chi connectivity index (χ1n) is 6.82. The van der Waals surface area contributed by atoms with Crippen LogP contribution in [-0.4, -0.2) is 62.1 Å². The Hall–Kier alpha value is -1.14. The Balaban J connectivity index is 2.58. The van der Waals surface area contributed by atoms with E-state index in [-0.39, 0.29) is 36.4 Å². The molecule has 6 nitrogen and oxygen atoms in total. The van der Waals surface area contributed by atoms with Gasteiger partial charge in [-0.25, -0.2) is 0 Å². The zero-order valence-corrected chi connectivity index (χ0v) is 12.2. The van der Waals surface area contributed by atoms with Gasteiger partial charge in [0.05, 0.1) is 25.7 Å². The van der Waals surface area contributed by atoms with Crippen LogP contribution in [0.15, 0.2) is 0 Å². The van der Waals surface area contributed by atoms with Crippen LogP contribution in [0.4, 0.5) is 0 Å². The number of carbonyl (C=O) groups is 2. The van der Waals surface area contributed by atoms with Crippen molar-refractivity contribution >= 4 is 11.8 Å². The maximum atomic E-state index is 12.4. The maximum absolute atomic E-state index is 12.4. The topological polar surface area (TPSA) is 70.7 Å². The Morgan fingerprint density at radius 3 is 2.58 bits per heavy atom. The van der Waals surface area contributed by atoms with Crippen LogP contribution in [0, 0.1) is 5.92 Å². The van der Waals surface area contributed by atoms with Crippen LogP contribution in [-0.2, 0) is 14.3 Å². The monoisotopic (exact) mass is 271 g/mol. The van der Waals surface area contributed by atoms with Crippen molar-refractivity contribution in [1.82, 2.24) is 15.5 Å². The van der Waals surface area contributed by atoms with Gasteiger partial charge >= 0.3 is 0 Å². The van der Waals surface area contributed by atoms with Crippen molar-refractivity contribution in [3.8, 4) is 0 Å². The highest BCUT2D eigenvalue weighted by Gasteiger charge is 2.35. The highest BCUT2D eigenvalue weighted by Crippen LogP contribution is 2.16. The molecular weight excluding hydrogens is 246 g/mol. The number of amides is 2. The SMILES string of the molecule is CCN(CC(=O)NC(C)C)C(=O)C1COCC1NC. The van der Waals surface area contributed by atoms with Gasteiger partial charge in [-0.1, -0.05) is 0 Å². The first-order chi connectivity index (χ1) is 8.99. The lowest BCUT2D eigenvalue weighted by atomic mass is 10.0. The highest BCUT2D eigenvalue weighted by molar-refractivity contribution is 5.86. The van der Waals surface area contributed by atoms with Crippen LogP contribution < -0.4 is 10.6 Å². The van der Waals surface area contributed by atoms with E-state index in [0.29, 0.717) is 19.8 Å². The second kappa shape index (κ2) is 7.45. The molecule has 1 saturated heterocycles. The summed E-state index contributed by atoms with van der Waals surface area (Å²) in [6.45, 7) is 7.29. The van der Waals surface area contributed by atoms with Crippen LogP contribution in [0.3, 0.4) is 0 Å². The minimum absolute atomic E-state index is 0.0155. The van der Waals surface area contributed by atoms with Crippen molar-refractivity contribution < 1.29 is 14.3 Å². The average Bonchev–Trinajstić information content (AvgIpc) is 2.82. The van der Waals surface area contributed by atoms with E-state index in [0.717, 1.165) is 0 Å². The summed E-state index contributed by atoms with van der Waals surface area (Å²) in [5, 5.41) is 5.88. The lowest BCUT2D eigenvalue weighted by Crippen LogP contribution is -2.48. The zero-order chi connectivity index (χ0) is 14.4. The Kier molecular flexibility index (Phi) is 6.24. The van der Waals surface area contributed by atoms with Crippen molar-refractivity contribution in [2.45, 2.75) is 32.9 Å². The molecule has 0 bridgehead atoms. The van der Waals surface area contributed by atoms with Gasteiger partial charge in [0, 0.05) is 18.6 Å². The molecule has 0 spiro atoms. The average molecular weight is 271 g/mol. The third-order valence-corrected chi connectivity index (χ3v) is 3.25. The molecule has 1 fully saturated rings. The van der Waals surface area contributed by atoms with Crippen LogP contribution in [0.25, 0.3) is 0 Å². The molecule has 0 aromatic rings. The molecule has 0 aromatic carbocycles. The molecule has 1 heterocycles. The number of carbonyl (C=O) groups excluding carboxylic acids is 2. The van der Waals surface area contributed by atoms with Crippen molar-refractivity contribution in [2.75, 3.05) is 33.4 Å². The number of hydrogen-bond donors (Lipinski definition) is 2. The molecule has 0 aromatic heterocycles. The van der Waals surface area contributed by atoms with Crippen LogP contribution >= 0.6 is 0 Å². The van der Waals surface area contributed by atoms with E-state index in [9.17, 15) is 9.59 Å². The molecule has 1 rings (SSSR count). The molecule has 110 valence electrons. The molecule has 2 unspecified atom stereocenters. The van der Waals surface area contributed by atoms with Crippen molar-refractivity contribution in [2.24, 2.45) is 5.92 Å². The van der Waals surface area contributed by atoms with E-state index in [4.69, 9.17) is 4.74 Å². The Morgan fingerprint density at radius 2 is 2.05 bits per heavy atom. The van der Waals surface area contributed by atoms with E-state index >= 15 is 0 Å². The molecule has 1 aliphatic heterocycles. The Morgan fingerprint density at radius 1 is 1.37 bits per heavy atom. The van der Waals surface area contributed by atoms with Gasteiger partial charge < -0.3 is 20.3 Å². The molecule has 1 aliphatic rings. The standard InChI is InChI=1S/C13H25N3O3/c1-5-16(6-12(17)15-9(2)3)13(18)10-7-19-8-11(10)14-4/h9-11,14H,5-8H2,1-4H3,(H,15,17). The quantitative estimate of drug-likeness (QED) is 0.689. The number of nitrogens with one attached hydrogen (secondary N) is 2. The first kappa shape index (κ1) is 15.9. The maximum Gasteiger partial charge on any atom is 0.239 e. The lowest BCUT2D eigenvalue weighted by Gasteiger charge is -2.26. The van der Waals surface area contributed by atoms with Crippen LogP contribution in [0.5, 0.6) is 0 Å². The summed E-state index contributed by atoms with van der Waals surface area (Å²) in [6.07, 6.45) is 0. The van der Waals surface area contributed by atoms with E-state index in [2.05, 4.69) is 10.6 Å². The minimum Gasteiger partial charge on any atom is -0.379 e. The largest absolute Gasteiger partial charge is 0.379 e. The second-order valence-electron chi connectivity index (χ2n) is 5.11. The lowest BCUT2D eigenvalue weighted by molar-refractivity contribution is -0.139. The van der Waals surface area contributed by atoms with Gasteiger partial charge in [0.25, 0.3) is 0 Å². The van der Waals surface area contributed by atoms with Crippen molar-refractivity contribution in [3.63, 3.8) is 0 Å². The summed E-state index contributed by atoms with van der Waals surface area (Å²) in [7, 11) is 1.82. The molecule has 2 amide bonds. The molecule has 0 aliphatic carbocycles. The fourth-order valence-corrected chi connectivity index (χ4v) is 2.20. The normalized spacial score (nSPS) is 22.6. The van der Waals surface area contributed by atoms with Gasteiger partial charge in [-0.3, -0.25) is 9.59 Å². The van der Waals surface area contributed by atoms with E-state index in [1.807, 2.05) is 27.8 Å². The van der Waals surface area contributed by atoms with Gasteiger partial charge in [-0.05, 0) is 27.8 Å². The summed E-state index contributed by atoms with van der Waals surface area (Å²) in [4.78, 5) is 25.7. The molecule has 6 heteroatoms. The number of likely N-dealkylation sites (N-methyl/N-ethyl adjacent to an activating group) is 2. The highest BCUT2D eigenvalue weighted by atomic mass is 16.5. The predicted octanol–water partition coefficient (Wildman–Crippen LogP) is -0.406. The third-order valence-electron chi connectivity index (χ3n) is 3.25. The van der Waals surface area contributed by atoms with E-state index in [1.54, 1.807) is 4.90 Å². The summed E-state index contributed by atoms with van der Waals surface area (Å²) in [6, 6.07) is 0.121. The fourth-order valence-electron chi connectivity index (χ4n) is 2.20. The van der Waals surface area contributed by atoms with Gasteiger partial charge in [0.1, 0.15) is 0 Å². The third kappa shape index (κ3) is 4.47. The Bertz CT molecular complexity index is 320. The summed E-state index contributed by atoms with van der Waals surface area (Å²) in [5.74, 6) is -0.333. The smallest absolute Gasteiger partial charge is 0.239 e. The van der Waals surface area contributed by atoms with Crippen LogP contribution in [0.2, 0.25) is 0 Å². The molecular formula is C13H25N3O3. The molecule has 0 saturated carbocycles.